The standard InChI is InChI=1S/C15H22O/c1-10-4-5-12-14(2,3)13-8-11(9-16)6-7-15(10,12)13/h8-10,12-13H,4-7H2,1-3H3/t10-,12+,13+,15?/m1/s1. The van der Waals surface area contributed by atoms with Gasteiger partial charge in [0.1, 0.15) is 6.29 Å². The van der Waals surface area contributed by atoms with E-state index in [0.29, 0.717) is 16.7 Å². The van der Waals surface area contributed by atoms with Gasteiger partial charge in [-0.3, -0.25) is 4.79 Å². The molecule has 0 heterocycles. The summed E-state index contributed by atoms with van der Waals surface area (Å²) in [6.07, 6.45) is 8.49. The van der Waals surface area contributed by atoms with Crippen LogP contribution in [0.25, 0.3) is 0 Å². The largest absolute Gasteiger partial charge is 0.298 e. The van der Waals surface area contributed by atoms with Crippen molar-refractivity contribution in [3.8, 4) is 0 Å². The average Bonchev–Trinajstić information content (AvgIpc) is 2.55. The van der Waals surface area contributed by atoms with Crippen LogP contribution in [-0.4, -0.2) is 6.29 Å². The van der Waals surface area contributed by atoms with Crippen LogP contribution in [0.5, 0.6) is 0 Å². The Labute approximate surface area is 98.3 Å². The summed E-state index contributed by atoms with van der Waals surface area (Å²) in [5.74, 6) is 2.43. The molecule has 0 amide bonds. The van der Waals surface area contributed by atoms with Gasteiger partial charge in [-0.25, -0.2) is 0 Å². The van der Waals surface area contributed by atoms with Crippen LogP contribution in [0, 0.1) is 28.6 Å². The molecule has 1 spiro atoms. The molecule has 0 bridgehead atoms. The number of hydrogen-bond acceptors (Lipinski definition) is 1. The fraction of sp³-hybridized carbons (Fsp3) is 0.800. The zero-order valence-electron chi connectivity index (χ0n) is 10.6. The minimum atomic E-state index is 0.430. The van der Waals surface area contributed by atoms with Crippen molar-refractivity contribution in [1.29, 1.82) is 0 Å². The quantitative estimate of drug-likeness (QED) is 0.615. The van der Waals surface area contributed by atoms with Crippen molar-refractivity contribution >= 4 is 6.29 Å². The lowest BCUT2D eigenvalue weighted by molar-refractivity contribution is -0.167. The third kappa shape index (κ3) is 0.959. The van der Waals surface area contributed by atoms with Gasteiger partial charge >= 0.3 is 0 Å². The summed E-state index contributed by atoms with van der Waals surface area (Å²) < 4.78 is 0. The van der Waals surface area contributed by atoms with Crippen LogP contribution in [0.4, 0.5) is 0 Å². The van der Waals surface area contributed by atoms with Gasteiger partial charge in [0.25, 0.3) is 0 Å². The van der Waals surface area contributed by atoms with Crippen LogP contribution >= 0.6 is 0 Å². The smallest absolute Gasteiger partial charge is 0.145 e. The second kappa shape index (κ2) is 3.00. The molecule has 0 aromatic rings. The molecular weight excluding hydrogens is 196 g/mol. The van der Waals surface area contributed by atoms with Gasteiger partial charge in [-0.2, -0.15) is 0 Å². The third-order valence-corrected chi connectivity index (χ3v) is 6.11. The zero-order chi connectivity index (χ0) is 11.6. The number of carbonyl (C=O) groups excluding carboxylic acids is 1. The van der Waals surface area contributed by atoms with E-state index >= 15 is 0 Å². The summed E-state index contributed by atoms with van der Waals surface area (Å²) in [5, 5.41) is 0. The van der Waals surface area contributed by atoms with Crippen LogP contribution in [0.1, 0.15) is 46.5 Å². The number of allylic oxidation sites excluding steroid dienone is 2. The molecule has 2 fully saturated rings. The maximum Gasteiger partial charge on any atom is 0.145 e. The first-order chi connectivity index (χ1) is 7.53. The van der Waals surface area contributed by atoms with Gasteiger partial charge in [0.2, 0.25) is 0 Å². The predicted molar refractivity (Wildman–Crippen MR) is 65.0 cm³/mol. The van der Waals surface area contributed by atoms with E-state index in [4.69, 9.17) is 0 Å². The molecule has 0 N–H and O–H groups in total. The molecule has 0 aromatic heterocycles. The van der Waals surface area contributed by atoms with Gasteiger partial charge in [0.05, 0.1) is 0 Å². The molecule has 0 radical (unpaired) electrons. The van der Waals surface area contributed by atoms with Crippen molar-refractivity contribution < 1.29 is 4.79 Å². The Hall–Kier alpha value is -0.590. The average molecular weight is 218 g/mol. The van der Waals surface area contributed by atoms with E-state index < -0.39 is 0 Å². The molecule has 0 saturated heterocycles. The molecule has 3 aliphatic rings. The van der Waals surface area contributed by atoms with Gasteiger partial charge in [-0.15, -0.1) is 0 Å². The van der Waals surface area contributed by atoms with Crippen LogP contribution in [0.15, 0.2) is 11.6 Å². The molecule has 2 saturated carbocycles. The normalized spacial score (nSPS) is 48.7. The highest BCUT2D eigenvalue weighted by Crippen LogP contribution is 2.75. The highest BCUT2D eigenvalue weighted by molar-refractivity contribution is 5.73. The van der Waals surface area contributed by atoms with Gasteiger partial charge in [0, 0.05) is 0 Å². The fourth-order valence-corrected chi connectivity index (χ4v) is 5.40. The van der Waals surface area contributed by atoms with Gasteiger partial charge in [-0.1, -0.05) is 26.8 Å². The lowest BCUT2D eigenvalue weighted by atomic mass is 9.37. The number of aldehydes is 1. The van der Waals surface area contributed by atoms with E-state index in [2.05, 4.69) is 26.8 Å². The fourth-order valence-electron chi connectivity index (χ4n) is 5.40. The van der Waals surface area contributed by atoms with Crippen molar-refractivity contribution in [1.82, 2.24) is 0 Å². The molecule has 3 rings (SSSR count). The SMILES string of the molecule is C[C@@H]1CC[C@H]2C(C)(C)[C@@H]3C=C(C=O)CCC132. The second-order valence-electron chi connectivity index (χ2n) is 6.80. The maximum absolute atomic E-state index is 11.0. The molecule has 1 nitrogen and oxygen atoms in total. The highest BCUT2D eigenvalue weighted by atomic mass is 16.1. The monoisotopic (exact) mass is 218 g/mol. The Morgan fingerprint density at radius 1 is 1.38 bits per heavy atom. The molecule has 4 atom stereocenters. The zero-order valence-corrected chi connectivity index (χ0v) is 10.6. The second-order valence-corrected chi connectivity index (χ2v) is 6.80. The van der Waals surface area contributed by atoms with E-state index in [1.54, 1.807) is 0 Å². The van der Waals surface area contributed by atoms with Gasteiger partial charge in [-0.05, 0) is 59.8 Å². The van der Waals surface area contributed by atoms with Crippen molar-refractivity contribution in [2.45, 2.75) is 46.5 Å². The predicted octanol–water partition coefficient (Wildman–Crippen LogP) is 3.59. The summed E-state index contributed by atoms with van der Waals surface area (Å²) in [5.41, 5.74) is 2.05. The highest BCUT2D eigenvalue weighted by Gasteiger charge is 2.69. The summed E-state index contributed by atoms with van der Waals surface area (Å²) in [6.45, 7) is 7.24. The molecule has 1 unspecified atom stereocenters. The van der Waals surface area contributed by atoms with Crippen molar-refractivity contribution in [2.24, 2.45) is 28.6 Å². The van der Waals surface area contributed by atoms with E-state index in [-0.39, 0.29) is 0 Å². The van der Waals surface area contributed by atoms with Crippen molar-refractivity contribution in [3.63, 3.8) is 0 Å². The third-order valence-electron chi connectivity index (χ3n) is 6.11. The molecular formula is C15H22O. The minimum absolute atomic E-state index is 0.430. The number of carbonyl (C=O) groups is 1. The lowest BCUT2D eigenvalue weighted by Crippen LogP contribution is -2.62. The first-order valence-electron chi connectivity index (χ1n) is 6.69. The summed E-state index contributed by atoms with van der Waals surface area (Å²) in [4.78, 5) is 11.0. The van der Waals surface area contributed by atoms with E-state index in [9.17, 15) is 4.79 Å². The lowest BCUT2D eigenvalue weighted by Gasteiger charge is -2.67. The van der Waals surface area contributed by atoms with Crippen LogP contribution in [0.3, 0.4) is 0 Å². The summed E-state index contributed by atoms with van der Waals surface area (Å²) >= 11 is 0. The van der Waals surface area contributed by atoms with E-state index in [0.717, 1.165) is 30.1 Å². The van der Waals surface area contributed by atoms with E-state index in [1.807, 2.05) is 0 Å². The molecule has 1 heteroatoms. The van der Waals surface area contributed by atoms with E-state index in [1.165, 1.54) is 19.3 Å². The topological polar surface area (TPSA) is 17.1 Å². The van der Waals surface area contributed by atoms with Crippen LogP contribution < -0.4 is 0 Å². The Bertz CT molecular complexity index is 366. The summed E-state index contributed by atoms with van der Waals surface area (Å²) in [6, 6.07) is 0. The molecule has 3 aliphatic carbocycles. The van der Waals surface area contributed by atoms with Crippen LogP contribution in [-0.2, 0) is 4.79 Å². The first-order valence-corrected chi connectivity index (χ1v) is 6.69. The van der Waals surface area contributed by atoms with Crippen molar-refractivity contribution in [2.75, 3.05) is 0 Å². The van der Waals surface area contributed by atoms with Crippen LogP contribution in [0.2, 0.25) is 0 Å². The Morgan fingerprint density at radius 3 is 2.81 bits per heavy atom. The molecule has 88 valence electrons. The molecule has 0 aliphatic heterocycles. The Kier molecular flexibility index (Phi) is 1.98. The van der Waals surface area contributed by atoms with Gasteiger partial charge < -0.3 is 0 Å². The minimum Gasteiger partial charge on any atom is -0.298 e. The summed E-state index contributed by atoms with van der Waals surface area (Å²) in [7, 11) is 0. The Morgan fingerprint density at radius 2 is 2.12 bits per heavy atom. The van der Waals surface area contributed by atoms with Crippen molar-refractivity contribution in [3.05, 3.63) is 11.6 Å². The van der Waals surface area contributed by atoms with Gasteiger partial charge in [0.15, 0.2) is 0 Å². The Balaban J connectivity index is 2.03. The number of hydrogen-bond donors (Lipinski definition) is 0. The number of rotatable bonds is 1. The maximum atomic E-state index is 11.0. The first kappa shape index (κ1) is 10.6. The molecule has 16 heavy (non-hydrogen) atoms. The molecule has 0 aromatic carbocycles.